The molecule has 2 N–H and O–H groups in total. The summed E-state index contributed by atoms with van der Waals surface area (Å²) in [5.41, 5.74) is 0.944. The second-order valence-electron chi connectivity index (χ2n) is 3.01. The zero-order chi connectivity index (χ0) is 11.4. The summed E-state index contributed by atoms with van der Waals surface area (Å²) in [6.45, 7) is 1.52. The summed E-state index contributed by atoms with van der Waals surface area (Å²) >= 11 is 5.78. The van der Waals surface area contributed by atoms with E-state index in [1.165, 1.54) is 13.0 Å². The molecule has 5 heteroatoms. The molecule has 0 bridgehead atoms. The van der Waals surface area contributed by atoms with Crippen molar-refractivity contribution in [3.63, 3.8) is 0 Å². The summed E-state index contributed by atoms with van der Waals surface area (Å²) in [5.74, 6) is -0.949. The van der Waals surface area contributed by atoms with Gasteiger partial charge in [0.2, 0.25) is 0 Å². The maximum atomic E-state index is 10.6. The molecule has 1 atom stereocenters. The highest BCUT2D eigenvalue weighted by Crippen LogP contribution is 2.20. The van der Waals surface area contributed by atoms with Crippen molar-refractivity contribution in [2.75, 3.05) is 5.32 Å². The molecule has 0 unspecified atom stereocenters. The molecule has 0 saturated heterocycles. The Bertz CT molecular complexity index is 426. The summed E-state index contributed by atoms with van der Waals surface area (Å²) in [6.07, 6.45) is 0. The van der Waals surface area contributed by atoms with E-state index in [1.807, 2.05) is 6.07 Å². The highest BCUT2D eigenvalue weighted by atomic mass is 35.5. The van der Waals surface area contributed by atoms with Gasteiger partial charge in [-0.2, -0.15) is 5.26 Å². The van der Waals surface area contributed by atoms with Crippen LogP contribution in [-0.2, 0) is 4.79 Å². The van der Waals surface area contributed by atoms with E-state index in [1.54, 1.807) is 12.1 Å². The Labute approximate surface area is 92.1 Å². The first-order valence-corrected chi connectivity index (χ1v) is 4.61. The average molecular weight is 225 g/mol. The number of carboxylic acids is 1. The van der Waals surface area contributed by atoms with Gasteiger partial charge in [0.25, 0.3) is 0 Å². The third-order valence-electron chi connectivity index (χ3n) is 1.84. The fourth-order valence-electron chi connectivity index (χ4n) is 1.01. The largest absolute Gasteiger partial charge is 0.480 e. The number of hydrogen-bond donors (Lipinski definition) is 2. The van der Waals surface area contributed by atoms with Gasteiger partial charge in [-0.1, -0.05) is 11.6 Å². The Kier molecular flexibility index (Phi) is 3.53. The molecule has 0 heterocycles. The highest BCUT2D eigenvalue weighted by Gasteiger charge is 2.10. The minimum absolute atomic E-state index is 0.306. The molecule has 4 nitrogen and oxygen atoms in total. The smallest absolute Gasteiger partial charge is 0.325 e. The maximum Gasteiger partial charge on any atom is 0.325 e. The van der Waals surface area contributed by atoms with Crippen molar-refractivity contribution in [2.45, 2.75) is 13.0 Å². The molecule has 0 saturated carbocycles. The normalized spacial score (nSPS) is 11.5. The molecular weight excluding hydrogens is 216 g/mol. The standard InChI is InChI=1S/C10H9ClN2O2/c1-6(10(14)15)13-8-3-2-7(5-12)9(11)4-8/h2-4,6,13H,1H3,(H,14,15)/t6-/m0/s1. The van der Waals surface area contributed by atoms with Crippen LogP contribution in [0.15, 0.2) is 18.2 Å². The predicted molar refractivity (Wildman–Crippen MR) is 56.9 cm³/mol. The summed E-state index contributed by atoms with van der Waals surface area (Å²) in [4.78, 5) is 10.6. The number of aliphatic carboxylic acids is 1. The third kappa shape index (κ3) is 2.86. The predicted octanol–water partition coefficient (Wildman–Crippen LogP) is 2.10. The van der Waals surface area contributed by atoms with Crippen LogP contribution in [0.5, 0.6) is 0 Å². The fourth-order valence-corrected chi connectivity index (χ4v) is 1.23. The summed E-state index contributed by atoms with van der Waals surface area (Å²) in [7, 11) is 0. The van der Waals surface area contributed by atoms with Crippen LogP contribution < -0.4 is 5.32 Å². The molecule has 0 fully saturated rings. The third-order valence-corrected chi connectivity index (χ3v) is 2.16. The lowest BCUT2D eigenvalue weighted by molar-refractivity contribution is -0.137. The number of hydrogen-bond acceptors (Lipinski definition) is 3. The van der Waals surface area contributed by atoms with Crippen molar-refractivity contribution in [3.8, 4) is 6.07 Å². The lowest BCUT2D eigenvalue weighted by Gasteiger charge is -2.10. The number of halogens is 1. The zero-order valence-electron chi connectivity index (χ0n) is 7.99. The van der Waals surface area contributed by atoms with Crippen LogP contribution in [0.1, 0.15) is 12.5 Å². The maximum absolute atomic E-state index is 10.6. The van der Waals surface area contributed by atoms with Gasteiger partial charge < -0.3 is 10.4 Å². The Morgan fingerprint density at radius 2 is 2.33 bits per heavy atom. The van der Waals surface area contributed by atoms with E-state index >= 15 is 0 Å². The summed E-state index contributed by atoms with van der Waals surface area (Å²) < 4.78 is 0. The number of nitrogens with zero attached hydrogens (tertiary/aromatic N) is 1. The first kappa shape index (κ1) is 11.3. The Hall–Kier alpha value is -1.73. The Morgan fingerprint density at radius 1 is 1.67 bits per heavy atom. The minimum Gasteiger partial charge on any atom is -0.480 e. The first-order valence-electron chi connectivity index (χ1n) is 4.23. The van der Waals surface area contributed by atoms with E-state index in [2.05, 4.69) is 5.32 Å². The van der Waals surface area contributed by atoms with Crippen LogP contribution in [-0.4, -0.2) is 17.1 Å². The number of rotatable bonds is 3. The molecule has 0 spiro atoms. The molecule has 0 amide bonds. The van der Waals surface area contributed by atoms with Gasteiger partial charge in [-0.25, -0.2) is 0 Å². The van der Waals surface area contributed by atoms with Gasteiger partial charge in [0.05, 0.1) is 10.6 Å². The molecule has 0 aromatic heterocycles. The van der Waals surface area contributed by atoms with Crippen molar-refractivity contribution >= 4 is 23.3 Å². The van der Waals surface area contributed by atoms with Gasteiger partial charge in [0.15, 0.2) is 0 Å². The van der Waals surface area contributed by atoms with Gasteiger partial charge in [-0.15, -0.1) is 0 Å². The van der Waals surface area contributed by atoms with Crippen LogP contribution in [0.3, 0.4) is 0 Å². The van der Waals surface area contributed by atoms with Gasteiger partial charge in [-0.3, -0.25) is 4.79 Å². The number of nitrogens with one attached hydrogen (secondary N) is 1. The van der Waals surface area contributed by atoms with E-state index in [9.17, 15) is 4.79 Å². The van der Waals surface area contributed by atoms with E-state index in [0.29, 0.717) is 16.3 Å². The van der Waals surface area contributed by atoms with Gasteiger partial charge in [-0.05, 0) is 25.1 Å². The number of carbonyl (C=O) groups is 1. The molecule has 78 valence electrons. The second kappa shape index (κ2) is 4.67. The van der Waals surface area contributed by atoms with Crippen LogP contribution in [0.4, 0.5) is 5.69 Å². The molecule has 15 heavy (non-hydrogen) atoms. The molecule has 1 rings (SSSR count). The van der Waals surface area contributed by atoms with Crippen LogP contribution >= 0.6 is 11.6 Å². The molecule has 0 aliphatic rings. The van der Waals surface area contributed by atoms with Gasteiger partial charge in [0.1, 0.15) is 12.1 Å². The lowest BCUT2D eigenvalue weighted by atomic mass is 10.2. The quantitative estimate of drug-likeness (QED) is 0.825. The van der Waals surface area contributed by atoms with Gasteiger partial charge in [0, 0.05) is 5.69 Å². The van der Waals surface area contributed by atoms with Crippen molar-refractivity contribution in [1.29, 1.82) is 5.26 Å². The molecular formula is C10H9ClN2O2. The Balaban J connectivity index is 2.85. The van der Waals surface area contributed by atoms with E-state index in [-0.39, 0.29) is 0 Å². The monoisotopic (exact) mass is 224 g/mol. The SMILES string of the molecule is C[C@H](Nc1ccc(C#N)c(Cl)c1)C(=O)O. The topological polar surface area (TPSA) is 73.1 Å². The van der Waals surface area contributed by atoms with Crippen molar-refractivity contribution < 1.29 is 9.90 Å². The lowest BCUT2D eigenvalue weighted by Crippen LogP contribution is -2.25. The number of nitriles is 1. The molecule has 0 aliphatic heterocycles. The number of anilines is 1. The first-order chi connectivity index (χ1) is 7.04. The highest BCUT2D eigenvalue weighted by molar-refractivity contribution is 6.32. The number of benzene rings is 1. The van der Waals surface area contributed by atoms with Crippen molar-refractivity contribution in [2.24, 2.45) is 0 Å². The van der Waals surface area contributed by atoms with E-state index in [4.69, 9.17) is 22.0 Å². The molecule has 1 aromatic carbocycles. The molecule has 0 aliphatic carbocycles. The van der Waals surface area contributed by atoms with Crippen molar-refractivity contribution in [1.82, 2.24) is 0 Å². The van der Waals surface area contributed by atoms with Crippen LogP contribution in [0.2, 0.25) is 5.02 Å². The minimum atomic E-state index is -0.949. The number of carboxylic acid groups (broad SMARTS) is 1. The van der Waals surface area contributed by atoms with Crippen LogP contribution in [0, 0.1) is 11.3 Å². The van der Waals surface area contributed by atoms with Gasteiger partial charge >= 0.3 is 5.97 Å². The van der Waals surface area contributed by atoms with E-state index in [0.717, 1.165) is 0 Å². The van der Waals surface area contributed by atoms with Crippen LogP contribution in [0.25, 0.3) is 0 Å². The summed E-state index contributed by atoms with van der Waals surface area (Å²) in [5, 5.41) is 20.3. The van der Waals surface area contributed by atoms with E-state index < -0.39 is 12.0 Å². The fraction of sp³-hybridized carbons (Fsp3) is 0.200. The zero-order valence-corrected chi connectivity index (χ0v) is 8.75. The average Bonchev–Trinajstić information content (AvgIpc) is 2.18. The van der Waals surface area contributed by atoms with Crippen molar-refractivity contribution in [3.05, 3.63) is 28.8 Å². The second-order valence-corrected chi connectivity index (χ2v) is 3.42. The molecule has 0 radical (unpaired) electrons. The Morgan fingerprint density at radius 3 is 2.80 bits per heavy atom. The summed E-state index contributed by atoms with van der Waals surface area (Å²) in [6, 6.07) is 5.91. The molecule has 1 aromatic rings.